The van der Waals surface area contributed by atoms with E-state index in [0.717, 1.165) is 17.8 Å². The smallest absolute Gasteiger partial charge is 0.400 e. The van der Waals surface area contributed by atoms with E-state index in [2.05, 4.69) is 15.0 Å². The number of nitrogens with zero attached hydrogens (tertiary/aromatic N) is 3. The van der Waals surface area contributed by atoms with Gasteiger partial charge in [0.15, 0.2) is 17.1 Å². The monoisotopic (exact) mass is 338 g/mol. The number of nitrogens with one attached hydrogen (secondary N) is 1. The quantitative estimate of drug-likeness (QED) is 0.173. The fraction of sp³-hybridized carbons (Fsp3) is 0.200. The van der Waals surface area contributed by atoms with Gasteiger partial charge in [-0.2, -0.15) is 9.65 Å². The fourth-order valence-electron chi connectivity index (χ4n) is 1.26. The van der Waals surface area contributed by atoms with Crippen LogP contribution in [0.3, 0.4) is 0 Å². The van der Waals surface area contributed by atoms with Crippen LogP contribution in [0, 0.1) is 27.4 Å². The third-order valence-electron chi connectivity index (χ3n) is 2.05. The molecule has 1 rings (SSSR count). The van der Waals surface area contributed by atoms with Crippen LogP contribution in [0.1, 0.15) is 0 Å². The number of nitro groups is 1. The molecule has 0 fully saturated rings. The zero-order chi connectivity index (χ0) is 16.9. The molecule has 0 saturated heterocycles. The van der Waals surface area contributed by atoms with Gasteiger partial charge in [-0.05, 0) is 12.3 Å². The van der Waals surface area contributed by atoms with Crippen molar-refractivity contribution in [3.63, 3.8) is 0 Å². The van der Waals surface area contributed by atoms with Gasteiger partial charge in [0, 0.05) is 6.07 Å². The van der Waals surface area contributed by atoms with Gasteiger partial charge in [-0.15, -0.1) is 13.2 Å². The summed E-state index contributed by atoms with van der Waals surface area (Å²) in [6.07, 6.45) is -2.34. The van der Waals surface area contributed by atoms with E-state index >= 15 is 0 Å². The SMILES string of the molecule is CSC(=Nc1ccc([N+](=O)[O-])c(F)c1OC(F)(F)F)NC#N. The highest BCUT2D eigenvalue weighted by Crippen LogP contribution is 2.39. The Labute approximate surface area is 124 Å². The number of nitriles is 1. The van der Waals surface area contributed by atoms with E-state index in [1.54, 1.807) is 0 Å². The molecule has 12 heteroatoms. The topological polar surface area (TPSA) is 101 Å². The Balaban J connectivity index is 3.48. The van der Waals surface area contributed by atoms with Crippen molar-refractivity contribution in [3.05, 3.63) is 28.1 Å². The van der Waals surface area contributed by atoms with Crippen LogP contribution < -0.4 is 10.1 Å². The largest absolute Gasteiger partial charge is 0.573 e. The van der Waals surface area contributed by atoms with Gasteiger partial charge >= 0.3 is 12.0 Å². The van der Waals surface area contributed by atoms with Crippen LogP contribution in [-0.4, -0.2) is 22.7 Å². The van der Waals surface area contributed by atoms with E-state index in [-0.39, 0.29) is 5.17 Å². The first-order valence-electron chi connectivity index (χ1n) is 5.20. The van der Waals surface area contributed by atoms with Crippen LogP contribution in [0.25, 0.3) is 0 Å². The van der Waals surface area contributed by atoms with Crippen molar-refractivity contribution in [2.75, 3.05) is 6.26 Å². The molecule has 0 aliphatic heterocycles. The Morgan fingerprint density at radius 1 is 1.55 bits per heavy atom. The molecule has 0 spiro atoms. The molecule has 22 heavy (non-hydrogen) atoms. The second-order valence-corrected chi connectivity index (χ2v) is 4.20. The molecule has 0 radical (unpaired) electrons. The lowest BCUT2D eigenvalue weighted by atomic mass is 10.2. The average molecular weight is 338 g/mol. The van der Waals surface area contributed by atoms with Crippen LogP contribution in [-0.2, 0) is 0 Å². The summed E-state index contributed by atoms with van der Waals surface area (Å²) in [6, 6.07) is 1.42. The first-order chi connectivity index (χ1) is 10.2. The van der Waals surface area contributed by atoms with Crippen molar-refractivity contribution in [1.29, 1.82) is 5.26 Å². The summed E-state index contributed by atoms with van der Waals surface area (Å²) in [5.41, 5.74) is -1.86. The summed E-state index contributed by atoms with van der Waals surface area (Å²) in [7, 11) is 0. The number of halogens is 4. The Bertz CT molecular complexity index is 657. The van der Waals surface area contributed by atoms with Crippen molar-refractivity contribution in [2.45, 2.75) is 6.36 Å². The Hall–Kier alpha value is -2.55. The number of hydrogen-bond donors (Lipinski definition) is 1. The Morgan fingerprint density at radius 2 is 2.18 bits per heavy atom. The highest BCUT2D eigenvalue weighted by atomic mass is 32.2. The maximum Gasteiger partial charge on any atom is 0.573 e. The highest BCUT2D eigenvalue weighted by molar-refractivity contribution is 8.13. The van der Waals surface area contributed by atoms with Crippen LogP contribution >= 0.6 is 11.8 Å². The summed E-state index contributed by atoms with van der Waals surface area (Å²) < 4.78 is 54.3. The van der Waals surface area contributed by atoms with Crippen molar-refractivity contribution in [3.8, 4) is 11.9 Å². The second-order valence-electron chi connectivity index (χ2n) is 3.41. The van der Waals surface area contributed by atoms with E-state index < -0.39 is 34.2 Å². The molecule has 0 aliphatic carbocycles. The maximum absolute atomic E-state index is 13.8. The predicted octanol–water partition coefficient (Wildman–Crippen LogP) is 3.05. The predicted molar refractivity (Wildman–Crippen MR) is 69.1 cm³/mol. The molecule has 118 valence electrons. The summed E-state index contributed by atoms with van der Waals surface area (Å²) in [5.74, 6) is -3.27. The number of nitro benzene ring substituents is 1. The number of rotatable bonds is 3. The lowest BCUT2D eigenvalue weighted by Crippen LogP contribution is -2.19. The number of alkyl halides is 3. The average Bonchev–Trinajstić information content (AvgIpc) is 2.40. The minimum atomic E-state index is -5.28. The molecule has 0 aliphatic rings. The first kappa shape index (κ1) is 17.5. The van der Waals surface area contributed by atoms with Crippen molar-refractivity contribution < 1.29 is 27.2 Å². The van der Waals surface area contributed by atoms with Crippen molar-refractivity contribution in [1.82, 2.24) is 5.32 Å². The fourth-order valence-corrected chi connectivity index (χ4v) is 1.60. The number of hydrogen-bond acceptors (Lipinski definition) is 6. The summed E-state index contributed by atoms with van der Waals surface area (Å²) in [4.78, 5) is 12.9. The molecular formula is C10H6F4N4O3S. The molecule has 0 atom stereocenters. The van der Waals surface area contributed by atoms with Crippen LogP contribution in [0.4, 0.5) is 28.9 Å². The van der Waals surface area contributed by atoms with E-state index in [0.29, 0.717) is 6.07 Å². The van der Waals surface area contributed by atoms with Crippen molar-refractivity contribution in [2.24, 2.45) is 4.99 Å². The molecule has 0 bridgehead atoms. The molecule has 1 aromatic carbocycles. The van der Waals surface area contributed by atoms with E-state index in [9.17, 15) is 27.7 Å². The molecular weight excluding hydrogens is 332 g/mol. The van der Waals surface area contributed by atoms with Crippen LogP contribution in [0.2, 0.25) is 0 Å². The third-order valence-corrected chi connectivity index (χ3v) is 2.63. The molecule has 0 aromatic heterocycles. The maximum atomic E-state index is 13.8. The van der Waals surface area contributed by atoms with Gasteiger partial charge < -0.3 is 4.74 Å². The van der Waals surface area contributed by atoms with E-state index in [1.807, 2.05) is 0 Å². The van der Waals surface area contributed by atoms with Gasteiger partial charge in [-0.25, -0.2) is 4.99 Å². The van der Waals surface area contributed by atoms with Gasteiger partial charge in [0.05, 0.1) is 4.92 Å². The van der Waals surface area contributed by atoms with E-state index in [4.69, 9.17) is 5.26 Å². The standard InChI is InChI=1S/C10H6F4N4O3S/c1-22-9(16-4-15)17-5-2-3-6(18(19)20)7(11)8(5)21-10(12,13)14/h2-3H,1H3,(H,16,17). The normalized spacial score (nSPS) is 11.7. The Morgan fingerprint density at radius 3 is 2.64 bits per heavy atom. The zero-order valence-corrected chi connectivity index (χ0v) is 11.5. The molecule has 0 heterocycles. The summed E-state index contributed by atoms with van der Waals surface area (Å²) in [6.45, 7) is 0. The van der Waals surface area contributed by atoms with Gasteiger partial charge in [-0.1, -0.05) is 11.8 Å². The van der Waals surface area contributed by atoms with E-state index in [1.165, 1.54) is 12.4 Å². The molecule has 0 unspecified atom stereocenters. The second kappa shape index (κ2) is 6.94. The van der Waals surface area contributed by atoms with Gasteiger partial charge in [0.25, 0.3) is 0 Å². The number of amidine groups is 1. The third kappa shape index (κ3) is 4.48. The summed E-state index contributed by atoms with van der Waals surface area (Å²) in [5, 5.41) is 20.9. The number of thioether (sulfide) groups is 1. The molecule has 0 saturated carbocycles. The molecule has 0 amide bonds. The van der Waals surface area contributed by atoms with Gasteiger partial charge in [0.1, 0.15) is 5.69 Å². The highest BCUT2D eigenvalue weighted by Gasteiger charge is 2.36. The van der Waals surface area contributed by atoms with Gasteiger partial charge in [-0.3, -0.25) is 15.4 Å². The molecule has 1 aromatic rings. The van der Waals surface area contributed by atoms with Crippen LogP contribution in [0.5, 0.6) is 5.75 Å². The first-order valence-corrected chi connectivity index (χ1v) is 6.42. The van der Waals surface area contributed by atoms with Gasteiger partial charge in [0.2, 0.25) is 5.82 Å². The molecule has 1 N–H and O–H groups in total. The summed E-state index contributed by atoms with van der Waals surface area (Å²) >= 11 is 0.856. The van der Waals surface area contributed by atoms with Crippen LogP contribution in [0.15, 0.2) is 17.1 Å². The number of ether oxygens (including phenoxy) is 1. The van der Waals surface area contributed by atoms with Crippen molar-refractivity contribution >= 4 is 28.3 Å². The lowest BCUT2D eigenvalue weighted by molar-refractivity contribution is -0.387. The molecule has 7 nitrogen and oxygen atoms in total. The number of aliphatic imine (C=N–C) groups is 1. The minimum Gasteiger partial charge on any atom is -0.400 e. The Kier molecular flexibility index (Phi) is 5.52. The lowest BCUT2D eigenvalue weighted by Gasteiger charge is -2.12. The zero-order valence-electron chi connectivity index (χ0n) is 10.6. The minimum absolute atomic E-state index is 0.150. The number of benzene rings is 1.